The van der Waals surface area contributed by atoms with Crippen LogP contribution in [0.25, 0.3) is 33.1 Å². The number of nitrogens with one attached hydrogen (secondary N) is 1. The number of carboxylic acid groups (broad SMARTS) is 1. The lowest BCUT2D eigenvalue weighted by atomic mass is 9.96. The maximum absolute atomic E-state index is 13.0. The molecule has 0 spiro atoms. The normalized spacial score (nSPS) is 12.1. The molecule has 8 heteroatoms. The fraction of sp³-hybridized carbons (Fsp3) is 0.219. The number of carbonyl (C=O) groups excluding carboxylic acids is 1. The van der Waals surface area contributed by atoms with Gasteiger partial charge in [0.25, 0.3) is 0 Å². The number of fused-ring (bicyclic) bond motifs is 2. The Morgan fingerprint density at radius 1 is 0.925 bits per heavy atom. The van der Waals surface area contributed by atoms with Crippen molar-refractivity contribution in [3.8, 4) is 11.1 Å². The predicted molar refractivity (Wildman–Crippen MR) is 155 cm³/mol. The van der Waals surface area contributed by atoms with Crippen molar-refractivity contribution in [2.24, 2.45) is 0 Å². The van der Waals surface area contributed by atoms with E-state index in [9.17, 15) is 19.5 Å². The van der Waals surface area contributed by atoms with Crippen LogP contribution in [0, 0.1) is 20.8 Å². The summed E-state index contributed by atoms with van der Waals surface area (Å²) in [5, 5.41) is 14.4. The molecule has 1 atom stereocenters. The zero-order valence-electron chi connectivity index (χ0n) is 22.3. The zero-order chi connectivity index (χ0) is 28.6. The van der Waals surface area contributed by atoms with E-state index in [1.807, 2.05) is 57.2 Å². The third kappa shape index (κ3) is 5.25. The van der Waals surface area contributed by atoms with Gasteiger partial charge in [0.15, 0.2) is 0 Å². The molecule has 5 rings (SSSR count). The summed E-state index contributed by atoms with van der Waals surface area (Å²) in [4.78, 5) is 37.6. The Morgan fingerprint density at radius 2 is 1.60 bits per heavy atom. The average molecular weight is 558 g/mol. The molecule has 3 aromatic carbocycles. The molecule has 7 nitrogen and oxygen atoms in total. The average Bonchev–Trinajstić information content (AvgIpc) is 3.26. The van der Waals surface area contributed by atoms with E-state index in [0.717, 1.165) is 44.3 Å². The second kappa shape index (κ2) is 11.0. The molecule has 0 bridgehead atoms. The Hall–Kier alpha value is -4.36. The van der Waals surface area contributed by atoms with Crippen molar-refractivity contribution >= 4 is 45.4 Å². The highest BCUT2D eigenvalue weighted by molar-refractivity contribution is 6.30. The van der Waals surface area contributed by atoms with Crippen molar-refractivity contribution in [1.82, 2.24) is 5.32 Å². The smallest absolute Gasteiger partial charge is 0.339 e. The molecular weight excluding hydrogens is 530 g/mol. The van der Waals surface area contributed by atoms with Gasteiger partial charge in [-0.2, -0.15) is 0 Å². The molecule has 2 aromatic heterocycles. The van der Waals surface area contributed by atoms with Gasteiger partial charge in [-0.25, -0.2) is 9.59 Å². The molecule has 40 heavy (non-hydrogen) atoms. The molecule has 0 unspecified atom stereocenters. The van der Waals surface area contributed by atoms with Gasteiger partial charge in [0.1, 0.15) is 23.0 Å². The number of carboxylic acids is 1. The van der Waals surface area contributed by atoms with Crippen LogP contribution in [0.15, 0.2) is 74.3 Å². The van der Waals surface area contributed by atoms with Gasteiger partial charge in [-0.15, -0.1) is 0 Å². The molecular formula is C32H28ClNO6. The lowest BCUT2D eigenvalue weighted by molar-refractivity contribution is -0.141. The minimum atomic E-state index is -1.14. The molecule has 0 aliphatic rings. The fourth-order valence-corrected chi connectivity index (χ4v) is 5.31. The predicted octanol–water partition coefficient (Wildman–Crippen LogP) is 6.53. The van der Waals surface area contributed by atoms with Gasteiger partial charge in [-0.1, -0.05) is 54.1 Å². The summed E-state index contributed by atoms with van der Waals surface area (Å²) in [6.07, 6.45) is 0.150. The van der Waals surface area contributed by atoms with Crippen LogP contribution in [0.1, 0.15) is 34.4 Å². The molecule has 5 aromatic rings. The minimum absolute atomic E-state index is 0.0667. The first-order chi connectivity index (χ1) is 19.1. The molecule has 1 amide bonds. The molecule has 0 fully saturated rings. The Labute approximate surface area is 235 Å². The highest BCUT2D eigenvalue weighted by Gasteiger charge is 2.23. The molecule has 2 N–H and O–H groups in total. The number of rotatable bonds is 8. The third-order valence-corrected chi connectivity index (χ3v) is 7.54. The Bertz CT molecular complexity index is 1800. The number of amides is 1. The third-order valence-electron chi connectivity index (χ3n) is 7.28. The van der Waals surface area contributed by atoms with E-state index >= 15 is 0 Å². The van der Waals surface area contributed by atoms with Crippen molar-refractivity contribution in [1.29, 1.82) is 0 Å². The highest BCUT2D eigenvalue weighted by atomic mass is 35.5. The molecule has 0 aliphatic heterocycles. The topological polar surface area (TPSA) is 110 Å². The monoisotopic (exact) mass is 557 g/mol. The Morgan fingerprint density at radius 3 is 2.27 bits per heavy atom. The van der Waals surface area contributed by atoms with Crippen LogP contribution in [-0.4, -0.2) is 23.0 Å². The van der Waals surface area contributed by atoms with E-state index in [1.165, 1.54) is 0 Å². The fourth-order valence-electron chi connectivity index (χ4n) is 5.19. The van der Waals surface area contributed by atoms with Gasteiger partial charge in [-0.3, -0.25) is 4.79 Å². The van der Waals surface area contributed by atoms with Crippen molar-refractivity contribution < 1.29 is 23.5 Å². The summed E-state index contributed by atoms with van der Waals surface area (Å²) in [6.45, 7) is 5.62. The van der Waals surface area contributed by atoms with Gasteiger partial charge >= 0.3 is 11.6 Å². The standard InChI is InChI=1S/C32H28ClNO6/c1-17-23(13-14-27(35)34-26(31(36)37)15-20-9-11-22(33)12-10-20)32(38)40-29-18(2)30-25(16-24(17)29)28(19(3)39-30)21-7-5-4-6-8-21/h4-12,16,26H,13-15H2,1-3H3,(H,34,35)(H,36,37)/t26-/m0/s1. The van der Waals surface area contributed by atoms with E-state index in [1.54, 1.807) is 24.3 Å². The number of benzene rings is 3. The maximum atomic E-state index is 13.0. The molecule has 204 valence electrons. The summed E-state index contributed by atoms with van der Waals surface area (Å²) >= 11 is 5.91. The van der Waals surface area contributed by atoms with E-state index in [2.05, 4.69) is 5.32 Å². The summed E-state index contributed by atoms with van der Waals surface area (Å²) < 4.78 is 11.9. The Balaban J connectivity index is 1.43. The van der Waals surface area contributed by atoms with E-state index in [4.69, 9.17) is 20.4 Å². The summed E-state index contributed by atoms with van der Waals surface area (Å²) in [5.74, 6) is -0.847. The van der Waals surface area contributed by atoms with E-state index in [-0.39, 0.29) is 19.3 Å². The van der Waals surface area contributed by atoms with Crippen LogP contribution < -0.4 is 10.9 Å². The first-order valence-electron chi connectivity index (χ1n) is 12.9. The number of hydrogen-bond acceptors (Lipinski definition) is 5. The molecule has 0 aliphatic carbocycles. The first-order valence-corrected chi connectivity index (χ1v) is 13.3. The maximum Gasteiger partial charge on any atom is 0.339 e. The van der Waals surface area contributed by atoms with Gasteiger partial charge in [0.2, 0.25) is 5.91 Å². The largest absolute Gasteiger partial charge is 0.480 e. The van der Waals surface area contributed by atoms with Gasteiger partial charge < -0.3 is 19.3 Å². The summed E-state index contributed by atoms with van der Waals surface area (Å²) in [6, 6.07) is 17.6. The van der Waals surface area contributed by atoms with Crippen LogP contribution >= 0.6 is 11.6 Å². The van der Waals surface area contributed by atoms with Crippen LogP contribution in [0.3, 0.4) is 0 Å². The van der Waals surface area contributed by atoms with E-state index < -0.39 is 23.5 Å². The number of halogens is 1. The van der Waals surface area contributed by atoms with Gasteiger partial charge in [0.05, 0.1) is 0 Å². The molecule has 2 heterocycles. The first kappa shape index (κ1) is 27.2. The molecule has 0 radical (unpaired) electrons. The van der Waals surface area contributed by atoms with Gasteiger partial charge in [0, 0.05) is 45.3 Å². The van der Waals surface area contributed by atoms with Crippen molar-refractivity contribution in [3.05, 3.63) is 104 Å². The van der Waals surface area contributed by atoms with Crippen LogP contribution in [-0.2, 0) is 22.4 Å². The van der Waals surface area contributed by atoms with Crippen LogP contribution in [0.2, 0.25) is 5.02 Å². The van der Waals surface area contributed by atoms with Gasteiger partial charge in [-0.05, 0) is 62.1 Å². The number of furan rings is 1. The van der Waals surface area contributed by atoms with Crippen LogP contribution in [0.5, 0.6) is 0 Å². The quantitative estimate of drug-likeness (QED) is 0.210. The SMILES string of the molecule is Cc1oc2c(C)c3oc(=O)c(CCC(=O)N[C@@H](Cc4ccc(Cl)cc4)C(=O)O)c(C)c3cc2c1-c1ccccc1. The zero-order valence-corrected chi connectivity index (χ0v) is 23.1. The lowest BCUT2D eigenvalue weighted by Gasteiger charge is -2.15. The minimum Gasteiger partial charge on any atom is -0.480 e. The summed E-state index contributed by atoms with van der Waals surface area (Å²) in [7, 11) is 0. The van der Waals surface area contributed by atoms with E-state index in [0.29, 0.717) is 21.8 Å². The number of aryl methyl sites for hydroxylation is 3. The Kier molecular flexibility index (Phi) is 7.50. The lowest BCUT2D eigenvalue weighted by Crippen LogP contribution is -2.42. The van der Waals surface area contributed by atoms with Crippen molar-refractivity contribution in [3.63, 3.8) is 0 Å². The number of aliphatic carboxylic acids is 1. The second-order valence-corrected chi connectivity index (χ2v) is 10.4. The summed E-state index contributed by atoms with van der Waals surface area (Å²) in [5.41, 5.74) is 5.16. The number of hydrogen-bond donors (Lipinski definition) is 2. The highest BCUT2D eigenvalue weighted by Crippen LogP contribution is 2.39. The van der Waals surface area contributed by atoms with Crippen LogP contribution in [0.4, 0.5) is 0 Å². The second-order valence-electron chi connectivity index (χ2n) is 9.94. The number of carbonyl (C=O) groups is 2. The molecule has 0 saturated heterocycles. The molecule has 0 saturated carbocycles. The van der Waals surface area contributed by atoms with Crippen molar-refractivity contribution in [2.45, 2.75) is 46.1 Å². The van der Waals surface area contributed by atoms with Crippen molar-refractivity contribution in [2.75, 3.05) is 0 Å².